The second kappa shape index (κ2) is 50.7. The first-order chi connectivity index (χ1) is 55.7. The van der Waals surface area contributed by atoms with Crippen LogP contribution < -0.4 is 0 Å². The molecule has 6 aliphatic heterocycles. The van der Waals surface area contributed by atoms with Crippen molar-refractivity contribution in [2.75, 3.05) is 68.6 Å². The number of hydrogen-bond acceptors (Lipinski definition) is 31. The van der Waals surface area contributed by atoms with E-state index in [0.29, 0.717) is 57.6 Å². The minimum absolute atomic E-state index is 0. The predicted molar refractivity (Wildman–Crippen MR) is 467 cm³/mol. The molecule has 38 heteroatoms. The summed E-state index contributed by atoms with van der Waals surface area (Å²) in [5.74, 6) is -2.74. The number of nitrogens with zero attached hydrogens (tertiary/aromatic N) is 10. The number of esters is 2. The fraction of sp³-hybridized carbons (Fsp3) is 0.929. The molecular weight excluding hydrogens is 1750 g/mol. The summed E-state index contributed by atoms with van der Waals surface area (Å²) in [7, 11) is 20.4. The molecule has 122 heavy (non-hydrogen) atoms. The molecule has 4 radical (unpaired) electrons. The molecular formula is C84H156B2CuIN10O24. The van der Waals surface area contributed by atoms with Crippen LogP contribution in [0.5, 0.6) is 0 Å². The van der Waals surface area contributed by atoms with Gasteiger partial charge in [0.2, 0.25) is 0 Å². The zero-order valence-corrected chi connectivity index (χ0v) is 79.0. The molecule has 0 aliphatic carbocycles. The number of carbonyl (C=O) groups excluding carboxylic acids is 2. The van der Waals surface area contributed by atoms with Crippen LogP contribution in [0.2, 0.25) is 0 Å². The van der Waals surface area contributed by atoms with Gasteiger partial charge in [0.25, 0.3) is 7.98 Å². The number of ether oxygens (including phenoxy) is 12. The SMILES string of the molecule is C.C.C#CCCN(C)[C@H]1C[C@@H](C)O[C@@H](O[C@@H]2[C@@H](C)[C@H](O[C@H]3C[C@@](C)(OC)[C@@H](O)[C@H](C)O3)[C@@H](C)C(=O)O[C@H](CC)[C@@](C)(O)[C@H](O)[C@@H](C)N(C)C[C@H](C)C[C@@]2(C)O)[C@@H]1O.[B]N=[N+]=[N-].[B]n1cc(CCN(C)[C@H]2C[C@@H](C)O[C@@H](O[C@@H]3[C@@H](C)[C@H](O[C@H]4C[C@@](C)(OC)[C@@H](O)[C@H](C)O4)[C@@H](C)C(=O)O[C@H](CC)[C@@](C)(O)[C@H](O)[C@@H](C)N(C)C[C@H](C)C[C@@]3(C)O)[C@@H]2O)nn1.[Cu][I]. The van der Waals surface area contributed by atoms with Crippen LogP contribution >= 0.6 is 20.3 Å². The van der Waals surface area contributed by atoms with E-state index in [2.05, 4.69) is 46.9 Å². The van der Waals surface area contributed by atoms with Crippen LogP contribution in [-0.2, 0) is 85.6 Å². The molecule has 0 spiro atoms. The van der Waals surface area contributed by atoms with Crippen molar-refractivity contribution in [3.8, 4) is 12.3 Å². The van der Waals surface area contributed by atoms with E-state index in [9.17, 15) is 60.7 Å². The van der Waals surface area contributed by atoms with Crippen molar-refractivity contribution in [1.82, 2.24) is 34.5 Å². The Morgan fingerprint density at radius 1 is 0.623 bits per heavy atom. The Morgan fingerprint density at radius 3 is 1.29 bits per heavy atom. The third-order valence-corrected chi connectivity index (χ3v) is 26.2. The number of hydrogen-bond donors (Lipinski definition) is 10. The van der Waals surface area contributed by atoms with Crippen LogP contribution in [0.4, 0.5) is 0 Å². The zero-order valence-electron chi connectivity index (χ0n) is 75.9. The van der Waals surface area contributed by atoms with E-state index >= 15 is 0 Å². The minimum atomic E-state index is -1.82. The van der Waals surface area contributed by atoms with Gasteiger partial charge in [0.15, 0.2) is 33.1 Å². The standard InChI is InChI=1S/C41H74BN5O12.C41H74N2O12.2CH4.BN3.Cu.HI/c1-14-30-41(10,53)34(49)26(6)46(12)20-22(2)18-39(8,52)36(59-38-32(48)29(17-23(3)55-38)45(11)16-15-28-21-47(42)44-43-28)24(4)33(25(5)37(51)57-30)58-31-19-40(9,54-13)35(50)27(7)56-31;1-15-17-18-42(12)29-19-24(4)51-38(32(29)44)55-36-25(5)33(54-31-21-40(10,50-14)35(46)28(8)52-31)26(6)37(47)53-30(16-2)41(11,49)34(45)27(7)43(13)22-23(3)20-39(36,9)48;;;1-3-4-2;;/h21-27,29-36,38,48-50,52-53H,14-20H2,1-13H3;1,23-36,38,44-46,48-49H,16-22H2,2-14H3;2*1H4;;;1H/q;;;;;+1;/p-1/t22-,23-,24+,25-,26-,27+,29+,30-,31+,32-,33+,34-,35+,36-,38+,39-,40-,41-;23-,24-,25+,26-,27-,28+,29+,30-,31+,32-,33+,34-,35+,36-,38+,39-,40-,41-;;;;;/m11...../s1. The Balaban J connectivity index is 0.000000766. The fourth-order valence-electron chi connectivity index (χ4n) is 18.6. The van der Waals surface area contributed by atoms with E-state index < -0.39 is 198 Å². The fourth-order valence-corrected chi connectivity index (χ4v) is 18.6. The van der Waals surface area contributed by atoms with E-state index in [1.807, 2.05) is 89.3 Å². The number of aromatic nitrogens is 3. The Labute approximate surface area is 750 Å². The van der Waals surface area contributed by atoms with Gasteiger partial charge in [0.1, 0.15) is 60.0 Å². The van der Waals surface area contributed by atoms with Crippen LogP contribution in [0.3, 0.4) is 0 Å². The summed E-state index contributed by atoms with van der Waals surface area (Å²) in [6.45, 7) is 37.0. The average Bonchev–Trinajstić information content (AvgIpc) is 1.39. The summed E-state index contributed by atoms with van der Waals surface area (Å²) in [6, 6.07) is -1.85. The van der Waals surface area contributed by atoms with E-state index in [4.69, 9.17) is 76.8 Å². The number of rotatable bonds is 19. The quantitative estimate of drug-likeness (QED) is 0.0147. The molecule has 6 fully saturated rings. The molecule has 0 amide bonds. The summed E-state index contributed by atoms with van der Waals surface area (Å²) in [4.78, 5) is 38.6. The van der Waals surface area contributed by atoms with Crippen molar-refractivity contribution in [2.45, 2.75) is 398 Å². The number of azide groups is 1. The summed E-state index contributed by atoms with van der Waals surface area (Å²) in [5, 5.41) is 128. The summed E-state index contributed by atoms with van der Waals surface area (Å²) < 4.78 is 76.8. The van der Waals surface area contributed by atoms with E-state index in [-0.39, 0.29) is 83.5 Å². The number of likely N-dealkylation sites (N-methyl/N-ethyl adjacent to an activating group) is 4. The molecule has 710 valence electrons. The third-order valence-electron chi connectivity index (χ3n) is 26.2. The molecule has 6 saturated heterocycles. The predicted octanol–water partition coefficient (Wildman–Crippen LogP) is 5.87. The Bertz CT molecular complexity index is 3330. The number of cyclic esters (lactones) is 2. The number of aliphatic hydroxyl groups is 10. The summed E-state index contributed by atoms with van der Waals surface area (Å²) in [6.07, 6.45) is -9.18. The van der Waals surface area contributed by atoms with E-state index in [1.54, 1.807) is 110 Å². The number of methoxy groups -OCH3 is 2. The van der Waals surface area contributed by atoms with Gasteiger partial charge in [-0.3, -0.25) is 14.5 Å². The number of halogens is 1. The molecule has 0 saturated carbocycles. The monoisotopic (exact) mass is 1900 g/mol. The molecule has 0 bridgehead atoms. The van der Waals surface area contributed by atoms with Gasteiger partial charge in [0.05, 0.1) is 88.8 Å². The van der Waals surface area contributed by atoms with Gasteiger partial charge in [-0.05, 0) is 186 Å². The first kappa shape index (κ1) is 115. The van der Waals surface area contributed by atoms with Crippen LogP contribution in [-0.4, -0.2) is 363 Å². The van der Waals surface area contributed by atoms with Crippen molar-refractivity contribution in [1.29, 1.82) is 0 Å². The number of terminal acetylenes is 1. The van der Waals surface area contributed by atoms with E-state index in [0.717, 1.165) is 4.59 Å². The van der Waals surface area contributed by atoms with Gasteiger partial charge >= 0.3 is 45.0 Å². The molecule has 1 aromatic heterocycles. The maximum atomic E-state index is 14.3. The molecule has 34 nitrogen and oxygen atoms in total. The molecule has 36 atom stereocenters. The second-order valence-electron chi connectivity index (χ2n) is 36.5. The van der Waals surface area contributed by atoms with Gasteiger partial charge in [-0.1, -0.05) is 61.6 Å². The molecule has 0 unspecified atom stereocenters. The van der Waals surface area contributed by atoms with Gasteiger partial charge in [-0.15, -0.1) is 17.4 Å². The number of aliphatic hydroxyl groups excluding tert-OH is 6. The van der Waals surface area contributed by atoms with Gasteiger partial charge in [-0.25, -0.2) is 0 Å². The van der Waals surface area contributed by atoms with Crippen molar-refractivity contribution in [3.05, 3.63) is 22.3 Å². The normalized spacial score (nSPS) is 43.4. The van der Waals surface area contributed by atoms with Crippen LogP contribution in [0.15, 0.2) is 11.2 Å². The van der Waals surface area contributed by atoms with Crippen molar-refractivity contribution < 1.29 is 130 Å². The van der Waals surface area contributed by atoms with Crippen LogP contribution in [0.25, 0.3) is 10.4 Å². The maximum absolute atomic E-state index is 14.3. The second-order valence-corrected chi connectivity index (χ2v) is 36.5. The third kappa shape index (κ3) is 29.9. The van der Waals surface area contributed by atoms with Gasteiger partial charge < -0.3 is 127 Å². The Hall–Kier alpha value is -2.63. The molecule has 7 heterocycles. The Kier molecular flexibility index (Phi) is 48.0. The molecule has 6 aliphatic rings. The topological polar surface area (TPSA) is 440 Å². The van der Waals surface area contributed by atoms with Gasteiger partial charge in [0, 0.05) is 108 Å². The summed E-state index contributed by atoms with van der Waals surface area (Å²) >= 11 is 5.87. The molecule has 0 aromatic carbocycles. The molecule has 10 N–H and O–H groups in total. The first-order valence-corrected chi connectivity index (χ1v) is 45.3. The summed E-state index contributed by atoms with van der Waals surface area (Å²) in [5.41, 5.74) is -1.000. The number of carbonyl (C=O) groups is 2. The van der Waals surface area contributed by atoms with Crippen LogP contribution in [0, 0.1) is 47.9 Å². The average molecular weight is 1900 g/mol. The van der Waals surface area contributed by atoms with Crippen molar-refractivity contribution >= 4 is 48.2 Å². The van der Waals surface area contributed by atoms with Crippen LogP contribution in [0.1, 0.15) is 217 Å². The van der Waals surface area contributed by atoms with Crippen molar-refractivity contribution in [3.63, 3.8) is 0 Å². The Morgan fingerprint density at radius 2 is 0.975 bits per heavy atom. The molecule has 1 aromatic rings. The van der Waals surface area contributed by atoms with E-state index in [1.165, 1.54) is 28.1 Å². The molecule has 7 rings (SSSR count). The van der Waals surface area contributed by atoms with Gasteiger partial charge in [-0.2, -0.15) is 5.03 Å². The first-order valence-electron chi connectivity index (χ1n) is 42.2. The van der Waals surface area contributed by atoms with Crippen molar-refractivity contribution in [2.24, 2.45) is 40.5 Å². The zero-order chi connectivity index (χ0) is 91.6.